The third-order valence-electron chi connectivity index (χ3n) is 2.98. The zero-order valence-corrected chi connectivity index (χ0v) is 13.1. The Hall–Kier alpha value is -1.95. The van der Waals surface area contributed by atoms with Crippen molar-refractivity contribution in [2.24, 2.45) is 0 Å². The number of benzene rings is 1. The average Bonchev–Trinajstić information content (AvgIpc) is 3.00. The van der Waals surface area contributed by atoms with Crippen molar-refractivity contribution >= 4 is 27.7 Å². The van der Waals surface area contributed by atoms with Crippen LogP contribution < -0.4 is 0 Å². The lowest BCUT2D eigenvalue weighted by Gasteiger charge is -2.17. The number of carbonyl (C=O) groups is 2. The first-order valence-electron chi connectivity index (χ1n) is 6.56. The molecule has 0 amide bonds. The number of ether oxygens (including phenoxy) is 1. The van der Waals surface area contributed by atoms with Gasteiger partial charge in [-0.05, 0) is 30.7 Å². The Labute approximate surface area is 131 Å². The van der Waals surface area contributed by atoms with E-state index in [9.17, 15) is 9.59 Å². The highest BCUT2D eigenvalue weighted by Gasteiger charge is 2.23. The fourth-order valence-corrected chi connectivity index (χ4v) is 2.25. The van der Waals surface area contributed by atoms with Crippen molar-refractivity contribution in [1.82, 2.24) is 9.78 Å². The number of carbonyl (C=O) groups excluding carboxylic acids is 2. The van der Waals surface area contributed by atoms with Crippen LogP contribution in [-0.2, 0) is 14.3 Å². The molecule has 0 saturated heterocycles. The van der Waals surface area contributed by atoms with E-state index in [1.165, 1.54) is 0 Å². The normalized spacial score (nSPS) is 11.9. The second kappa shape index (κ2) is 7.17. The summed E-state index contributed by atoms with van der Waals surface area (Å²) in [5, 5.41) is 4.17. The van der Waals surface area contributed by atoms with Crippen molar-refractivity contribution in [1.29, 1.82) is 0 Å². The fourth-order valence-electron chi connectivity index (χ4n) is 1.98. The molecule has 2 aromatic rings. The van der Waals surface area contributed by atoms with Gasteiger partial charge in [-0.1, -0.05) is 28.1 Å². The molecule has 1 unspecified atom stereocenters. The van der Waals surface area contributed by atoms with E-state index in [1.807, 2.05) is 24.3 Å². The number of aromatic nitrogens is 2. The van der Waals surface area contributed by atoms with Crippen molar-refractivity contribution < 1.29 is 14.3 Å². The van der Waals surface area contributed by atoms with Gasteiger partial charge in [0, 0.05) is 23.3 Å². The Bertz CT molecular complexity index is 608. The van der Waals surface area contributed by atoms with Gasteiger partial charge in [-0.15, -0.1) is 0 Å². The van der Waals surface area contributed by atoms with Crippen molar-refractivity contribution in [2.45, 2.75) is 19.4 Å². The summed E-state index contributed by atoms with van der Waals surface area (Å²) in [6.07, 6.45) is 3.42. The van der Waals surface area contributed by atoms with Crippen LogP contribution in [0.25, 0.3) is 0 Å². The van der Waals surface area contributed by atoms with Crippen LogP contribution in [-0.4, -0.2) is 28.1 Å². The highest BCUT2D eigenvalue weighted by molar-refractivity contribution is 9.10. The van der Waals surface area contributed by atoms with Gasteiger partial charge < -0.3 is 4.74 Å². The number of ketones is 1. The van der Waals surface area contributed by atoms with Gasteiger partial charge in [0.25, 0.3) is 0 Å². The summed E-state index contributed by atoms with van der Waals surface area (Å²) in [6, 6.07) is 9.02. The molecule has 110 valence electrons. The predicted molar refractivity (Wildman–Crippen MR) is 80.8 cm³/mol. The van der Waals surface area contributed by atoms with E-state index < -0.39 is 11.8 Å². The molecule has 0 aliphatic heterocycles. The maximum atomic E-state index is 12.0. The topological polar surface area (TPSA) is 61.2 Å². The number of hydrogen-bond acceptors (Lipinski definition) is 4. The highest BCUT2D eigenvalue weighted by Crippen LogP contribution is 2.23. The average molecular weight is 351 g/mol. The van der Waals surface area contributed by atoms with Gasteiger partial charge >= 0.3 is 5.97 Å². The van der Waals surface area contributed by atoms with E-state index in [4.69, 9.17) is 4.74 Å². The quantitative estimate of drug-likeness (QED) is 0.593. The lowest BCUT2D eigenvalue weighted by atomic mass is 10.0. The van der Waals surface area contributed by atoms with Crippen LogP contribution >= 0.6 is 15.9 Å². The van der Waals surface area contributed by atoms with Crippen LogP contribution in [0, 0.1) is 0 Å². The standard InChI is InChI=1S/C15H15BrN2O3/c1-2-21-15(20)14(19)10-13(18-9-3-8-17-18)11-4-6-12(16)7-5-11/h3-9,13H,2,10H2,1H3. The Morgan fingerprint density at radius 1 is 1.33 bits per heavy atom. The monoisotopic (exact) mass is 350 g/mol. The van der Waals surface area contributed by atoms with Gasteiger partial charge in [0.05, 0.1) is 12.6 Å². The lowest BCUT2D eigenvalue weighted by molar-refractivity contribution is -0.153. The van der Waals surface area contributed by atoms with Gasteiger partial charge in [-0.3, -0.25) is 9.48 Å². The van der Waals surface area contributed by atoms with Crippen LogP contribution in [0.3, 0.4) is 0 Å². The number of halogens is 1. The first-order valence-corrected chi connectivity index (χ1v) is 7.35. The van der Waals surface area contributed by atoms with Crippen LogP contribution in [0.1, 0.15) is 24.9 Å². The SMILES string of the molecule is CCOC(=O)C(=O)CC(c1ccc(Br)cc1)n1cccn1. The van der Waals surface area contributed by atoms with E-state index in [-0.39, 0.29) is 19.1 Å². The summed E-state index contributed by atoms with van der Waals surface area (Å²) in [5.41, 5.74) is 0.902. The van der Waals surface area contributed by atoms with Crippen molar-refractivity contribution in [2.75, 3.05) is 6.61 Å². The molecule has 1 aromatic heterocycles. The Balaban J connectivity index is 2.23. The van der Waals surface area contributed by atoms with E-state index in [2.05, 4.69) is 21.0 Å². The summed E-state index contributed by atoms with van der Waals surface area (Å²) in [6.45, 7) is 1.86. The maximum Gasteiger partial charge on any atom is 0.374 e. The minimum atomic E-state index is -0.799. The Morgan fingerprint density at radius 2 is 2.05 bits per heavy atom. The van der Waals surface area contributed by atoms with Gasteiger partial charge in [-0.2, -0.15) is 5.10 Å². The van der Waals surface area contributed by atoms with Crippen LogP contribution in [0.15, 0.2) is 47.2 Å². The van der Waals surface area contributed by atoms with E-state index >= 15 is 0 Å². The molecule has 1 atom stereocenters. The van der Waals surface area contributed by atoms with Crippen molar-refractivity contribution in [3.8, 4) is 0 Å². The van der Waals surface area contributed by atoms with Gasteiger partial charge in [0.15, 0.2) is 0 Å². The van der Waals surface area contributed by atoms with Crippen LogP contribution in [0.4, 0.5) is 0 Å². The number of hydrogen-bond donors (Lipinski definition) is 0. The minimum Gasteiger partial charge on any atom is -0.460 e. The van der Waals surface area contributed by atoms with E-state index in [0.29, 0.717) is 0 Å². The van der Waals surface area contributed by atoms with E-state index in [1.54, 1.807) is 30.1 Å². The summed E-state index contributed by atoms with van der Waals surface area (Å²) in [7, 11) is 0. The fraction of sp³-hybridized carbons (Fsp3) is 0.267. The molecule has 0 spiro atoms. The summed E-state index contributed by atoms with van der Waals surface area (Å²) in [5.74, 6) is -1.35. The predicted octanol–water partition coefficient (Wildman–Crippen LogP) is 2.76. The van der Waals surface area contributed by atoms with Crippen molar-refractivity contribution in [3.63, 3.8) is 0 Å². The first kappa shape index (κ1) is 15.4. The number of nitrogens with zero attached hydrogens (tertiary/aromatic N) is 2. The second-order valence-corrected chi connectivity index (χ2v) is 5.32. The second-order valence-electron chi connectivity index (χ2n) is 4.40. The molecule has 0 aliphatic carbocycles. The third-order valence-corrected chi connectivity index (χ3v) is 3.51. The molecule has 21 heavy (non-hydrogen) atoms. The molecule has 1 heterocycles. The number of Topliss-reactive ketones (excluding diaryl/α,β-unsaturated/α-hetero) is 1. The summed E-state index contributed by atoms with van der Waals surface area (Å²) in [4.78, 5) is 23.5. The molecular formula is C15H15BrN2O3. The lowest BCUT2D eigenvalue weighted by Crippen LogP contribution is -2.23. The number of esters is 1. The molecule has 2 rings (SSSR count). The van der Waals surface area contributed by atoms with Crippen molar-refractivity contribution in [3.05, 3.63) is 52.8 Å². The largest absolute Gasteiger partial charge is 0.460 e. The number of rotatable bonds is 6. The Kier molecular flexibility index (Phi) is 5.27. The zero-order valence-electron chi connectivity index (χ0n) is 11.5. The molecule has 0 N–H and O–H groups in total. The van der Waals surface area contributed by atoms with E-state index in [0.717, 1.165) is 10.0 Å². The molecule has 0 radical (unpaired) electrons. The van der Waals surface area contributed by atoms with Gasteiger partial charge in [-0.25, -0.2) is 4.79 Å². The maximum absolute atomic E-state index is 12.0. The molecular weight excluding hydrogens is 336 g/mol. The molecule has 0 bridgehead atoms. The molecule has 1 aromatic carbocycles. The van der Waals surface area contributed by atoms with Gasteiger partial charge in [0.1, 0.15) is 0 Å². The Morgan fingerprint density at radius 3 is 2.62 bits per heavy atom. The molecule has 0 aliphatic rings. The third kappa shape index (κ3) is 4.01. The first-order chi connectivity index (χ1) is 10.1. The molecule has 5 nitrogen and oxygen atoms in total. The minimum absolute atomic E-state index is 0.0160. The summed E-state index contributed by atoms with van der Waals surface area (Å²) >= 11 is 3.37. The zero-order chi connectivity index (χ0) is 15.2. The molecule has 6 heteroatoms. The smallest absolute Gasteiger partial charge is 0.374 e. The van der Waals surface area contributed by atoms with Crippen LogP contribution in [0.5, 0.6) is 0 Å². The van der Waals surface area contributed by atoms with Gasteiger partial charge in [0.2, 0.25) is 5.78 Å². The van der Waals surface area contributed by atoms with Crippen LogP contribution in [0.2, 0.25) is 0 Å². The summed E-state index contributed by atoms with van der Waals surface area (Å²) < 4.78 is 7.36. The molecule has 0 saturated carbocycles. The highest BCUT2D eigenvalue weighted by atomic mass is 79.9. The molecule has 0 fully saturated rings.